The Balaban J connectivity index is 2.29. The fourth-order valence-electron chi connectivity index (χ4n) is 3.28. The molecule has 0 saturated carbocycles. The van der Waals surface area contributed by atoms with Crippen LogP contribution in [0.4, 0.5) is 0 Å². The third kappa shape index (κ3) is 6.43. The number of allylic oxidation sites excluding steroid dienone is 1. The Kier molecular flexibility index (Phi) is 8.56. The minimum absolute atomic E-state index is 0.0364. The van der Waals surface area contributed by atoms with Gasteiger partial charge < -0.3 is 5.32 Å². The number of benzene rings is 2. The summed E-state index contributed by atoms with van der Waals surface area (Å²) in [5, 5.41) is 3.29. The Morgan fingerprint density at radius 1 is 1.04 bits per heavy atom. The van der Waals surface area contributed by atoms with Crippen molar-refractivity contribution in [3.8, 4) is 11.8 Å². The van der Waals surface area contributed by atoms with Crippen LogP contribution in [-0.2, 0) is 0 Å². The Bertz CT molecular complexity index is 821. The summed E-state index contributed by atoms with van der Waals surface area (Å²) in [6, 6.07) is 16.1. The van der Waals surface area contributed by atoms with E-state index < -0.39 is 0 Å². The minimum atomic E-state index is -0.0626. The van der Waals surface area contributed by atoms with Crippen LogP contribution in [-0.4, -0.2) is 5.91 Å². The molecule has 2 heteroatoms. The van der Waals surface area contributed by atoms with Crippen molar-refractivity contribution in [3.05, 3.63) is 83.4 Å². The van der Waals surface area contributed by atoms with Gasteiger partial charge in [-0.15, -0.1) is 12.5 Å². The second-order valence-electron chi connectivity index (χ2n) is 7.33. The molecule has 0 aliphatic rings. The topological polar surface area (TPSA) is 29.1 Å². The third-order valence-corrected chi connectivity index (χ3v) is 4.90. The van der Waals surface area contributed by atoms with Crippen LogP contribution in [0.2, 0.25) is 0 Å². The zero-order chi connectivity index (χ0) is 20.4. The van der Waals surface area contributed by atoms with E-state index in [4.69, 9.17) is 0 Å². The van der Waals surface area contributed by atoms with Crippen LogP contribution in [0.1, 0.15) is 65.7 Å². The summed E-state index contributed by atoms with van der Waals surface area (Å²) in [4.78, 5) is 12.9. The van der Waals surface area contributed by atoms with Crippen LogP contribution < -0.4 is 5.32 Å². The summed E-state index contributed by atoms with van der Waals surface area (Å²) >= 11 is 0. The van der Waals surface area contributed by atoms with Gasteiger partial charge in [0.15, 0.2) is 0 Å². The zero-order valence-corrected chi connectivity index (χ0v) is 17.3. The molecular formula is C26H31NO. The molecule has 0 saturated heterocycles. The number of hydrogen-bond donors (Lipinski definition) is 1. The molecule has 2 nitrogen and oxygen atoms in total. The molecule has 1 amide bonds. The number of rotatable bonds is 8. The van der Waals surface area contributed by atoms with E-state index in [-0.39, 0.29) is 17.9 Å². The summed E-state index contributed by atoms with van der Waals surface area (Å²) in [5.74, 6) is 6.66. The number of carbonyl (C=O) groups is 1. The Labute approximate surface area is 170 Å². The maximum absolute atomic E-state index is 12.9. The maximum atomic E-state index is 12.9. The summed E-state index contributed by atoms with van der Waals surface area (Å²) in [6.07, 6.45) is 5.34. The molecule has 0 radical (unpaired) electrons. The van der Waals surface area contributed by atoms with E-state index in [0.29, 0.717) is 12.0 Å². The van der Waals surface area contributed by atoms with E-state index in [9.17, 15) is 4.79 Å². The third-order valence-electron chi connectivity index (χ3n) is 4.90. The fourth-order valence-corrected chi connectivity index (χ4v) is 3.28. The molecule has 1 N–H and O–H groups in total. The normalized spacial score (nSPS) is 12.4. The van der Waals surface area contributed by atoms with Crippen LogP contribution in [0.5, 0.6) is 0 Å². The highest BCUT2D eigenvalue weighted by atomic mass is 16.1. The van der Waals surface area contributed by atoms with Gasteiger partial charge in [0, 0.05) is 18.4 Å². The number of amides is 1. The monoisotopic (exact) mass is 373 g/mol. The number of aryl methyl sites for hydroxylation is 2. The molecule has 0 bridgehead atoms. The SMILES string of the molecule is C=CCC#CCC(CCC)C(NC(=O)c1ccc(C)cc1)c1ccc(C)cc1. The van der Waals surface area contributed by atoms with E-state index in [1.165, 1.54) is 5.56 Å². The van der Waals surface area contributed by atoms with E-state index in [2.05, 4.69) is 61.8 Å². The van der Waals surface area contributed by atoms with Crippen molar-refractivity contribution in [2.45, 2.75) is 52.5 Å². The lowest BCUT2D eigenvalue weighted by Crippen LogP contribution is -2.33. The summed E-state index contributed by atoms with van der Waals surface area (Å²) in [5.41, 5.74) is 4.18. The Morgan fingerprint density at radius 2 is 1.64 bits per heavy atom. The first-order valence-corrected chi connectivity index (χ1v) is 10.1. The average Bonchev–Trinajstić information content (AvgIpc) is 2.70. The Morgan fingerprint density at radius 3 is 2.21 bits per heavy atom. The summed E-state index contributed by atoms with van der Waals surface area (Å²) in [6.45, 7) is 10.0. The fraction of sp³-hybridized carbons (Fsp3) is 0.346. The highest BCUT2D eigenvalue weighted by molar-refractivity contribution is 5.94. The van der Waals surface area contributed by atoms with Crippen molar-refractivity contribution < 1.29 is 4.79 Å². The molecule has 2 atom stereocenters. The van der Waals surface area contributed by atoms with Gasteiger partial charge in [0.2, 0.25) is 0 Å². The number of nitrogens with one attached hydrogen (secondary N) is 1. The van der Waals surface area contributed by atoms with Crippen LogP contribution in [0.3, 0.4) is 0 Å². The number of hydrogen-bond acceptors (Lipinski definition) is 1. The highest BCUT2D eigenvalue weighted by Crippen LogP contribution is 2.29. The van der Waals surface area contributed by atoms with Gasteiger partial charge >= 0.3 is 0 Å². The van der Waals surface area contributed by atoms with Crippen LogP contribution in [0.15, 0.2) is 61.2 Å². The lowest BCUT2D eigenvalue weighted by molar-refractivity contribution is 0.0919. The molecule has 0 aromatic heterocycles. The van der Waals surface area contributed by atoms with Crippen LogP contribution in [0.25, 0.3) is 0 Å². The highest BCUT2D eigenvalue weighted by Gasteiger charge is 2.24. The van der Waals surface area contributed by atoms with Crippen LogP contribution >= 0.6 is 0 Å². The van der Waals surface area contributed by atoms with E-state index in [1.807, 2.05) is 37.3 Å². The van der Waals surface area contributed by atoms with Crippen molar-refractivity contribution in [2.24, 2.45) is 5.92 Å². The standard InChI is InChI=1S/C26H31NO/c1-5-7-8-9-11-22(10-6-2)25(23-16-12-20(3)13-17-23)27-26(28)24-18-14-21(4)15-19-24/h5,12-19,22,25H,1,6-7,10-11H2,2-4H3,(H,27,28). The first-order chi connectivity index (χ1) is 13.5. The van der Waals surface area contributed by atoms with Crippen molar-refractivity contribution in [3.63, 3.8) is 0 Å². The molecule has 2 unspecified atom stereocenters. The second kappa shape index (κ2) is 11.1. The lowest BCUT2D eigenvalue weighted by atomic mass is 9.86. The maximum Gasteiger partial charge on any atom is 0.251 e. The zero-order valence-electron chi connectivity index (χ0n) is 17.3. The summed E-state index contributed by atoms with van der Waals surface area (Å²) < 4.78 is 0. The molecule has 0 aliphatic heterocycles. The van der Waals surface area contributed by atoms with Gasteiger partial charge in [0.05, 0.1) is 6.04 Å². The quantitative estimate of drug-likeness (QED) is 0.436. The largest absolute Gasteiger partial charge is 0.345 e. The second-order valence-corrected chi connectivity index (χ2v) is 7.33. The predicted octanol–water partition coefficient (Wildman–Crippen LogP) is 6.16. The van der Waals surface area contributed by atoms with Crippen molar-refractivity contribution >= 4 is 5.91 Å². The van der Waals surface area contributed by atoms with E-state index >= 15 is 0 Å². The van der Waals surface area contributed by atoms with Gasteiger partial charge in [0.1, 0.15) is 0 Å². The van der Waals surface area contributed by atoms with Gasteiger partial charge in [0.25, 0.3) is 5.91 Å². The smallest absolute Gasteiger partial charge is 0.251 e. The molecule has 28 heavy (non-hydrogen) atoms. The lowest BCUT2D eigenvalue weighted by Gasteiger charge is -2.27. The van der Waals surface area contributed by atoms with Crippen molar-refractivity contribution in [1.82, 2.24) is 5.32 Å². The molecule has 2 rings (SSSR count). The van der Waals surface area contributed by atoms with Gasteiger partial charge in [-0.3, -0.25) is 4.79 Å². The first kappa shape index (κ1) is 21.5. The predicted molar refractivity (Wildman–Crippen MR) is 118 cm³/mol. The minimum Gasteiger partial charge on any atom is -0.345 e. The molecule has 146 valence electrons. The van der Waals surface area contributed by atoms with Crippen LogP contribution in [0, 0.1) is 31.6 Å². The van der Waals surface area contributed by atoms with Gasteiger partial charge in [-0.2, -0.15) is 0 Å². The van der Waals surface area contributed by atoms with Gasteiger partial charge in [-0.05, 0) is 43.9 Å². The first-order valence-electron chi connectivity index (χ1n) is 10.1. The molecule has 0 aliphatic carbocycles. The molecule has 0 spiro atoms. The molecule has 2 aromatic rings. The summed E-state index contributed by atoms with van der Waals surface area (Å²) in [7, 11) is 0. The van der Waals surface area contributed by atoms with Crippen molar-refractivity contribution in [1.29, 1.82) is 0 Å². The average molecular weight is 374 g/mol. The van der Waals surface area contributed by atoms with Gasteiger partial charge in [-0.1, -0.05) is 72.9 Å². The van der Waals surface area contributed by atoms with E-state index in [0.717, 1.165) is 30.4 Å². The molecular weight excluding hydrogens is 342 g/mol. The Hall–Kier alpha value is -2.79. The van der Waals surface area contributed by atoms with Gasteiger partial charge in [-0.25, -0.2) is 0 Å². The molecule has 2 aromatic carbocycles. The molecule has 0 heterocycles. The van der Waals surface area contributed by atoms with E-state index in [1.54, 1.807) is 0 Å². The number of carbonyl (C=O) groups excluding carboxylic acids is 1. The van der Waals surface area contributed by atoms with Crippen molar-refractivity contribution in [2.75, 3.05) is 0 Å². The molecule has 0 fully saturated rings.